The number of pyridine rings is 1. The van der Waals surface area contributed by atoms with Crippen LogP contribution in [-0.2, 0) is 4.79 Å². The normalized spacial score (nSPS) is 23.3. The molecule has 1 amide bonds. The first kappa shape index (κ1) is 28.9. The zero-order chi connectivity index (χ0) is 28.2. The summed E-state index contributed by atoms with van der Waals surface area (Å²) in [5.74, 6) is 6.96. The molecule has 0 radical (unpaired) electrons. The van der Waals surface area contributed by atoms with E-state index in [2.05, 4.69) is 23.7 Å². The topological polar surface area (TPSA) is 89.0 Å². The van der Waals surface area contributed by atoms with Gasteiger partial charge in [-0.3, -0.25) is 4.79 Å². The van der Waals surface area contributed by atoms with Gasteiger partial charge < -0.3 is 19.5 Å². The minimum atomic E-state index is -1.02. The zero-order valence-corrected chi connectivity index (χ0v) is 24.5. The second-order valence-corrected chi connectivity index (χ2v) is 12.9. The van der Waals surface area contributed by atoms with E-state index in [-0.39, 0.29) is 34.3 Å². The highest BCUT2D eigenvalue weighted by Crippen LogP contribution is 2.39. The lowest BCUT2D eigenvalue weighted by Crippen LogP contribution is -2.47. The molecule has 0 aliphatic heterocycles. The van der Waals surface area contributed by atoms with Gasteiger partial charge in [-0.1, -0.05) is 24.8 Å². The second kappa shape index (κ2) is 12.4. The Morgan fingerprint density at radius 3 is 2.33 bits per heavy atom. The van der Waals surface area contributed by atoms with Crippen LogP contribution in [0.1, 0.15) is 93.6 Å². The van der Waals surface area contributed by atoms with Crippen molar-refractivity contribution in [1.82, 2.24) is 4.98 Å². The number of nitrogens with zero attached hydrogens (tertiary/aromatic N) is 2. The van der Waals surface area contributed by atoms with Crippen LogP contribution in [0, 0.1) is 29.1 Å². The highest BCUT2D eigenvalue weighted by molar-refractivity contribution is 7.15. The van der Waals surface area contributed by atoms with Gasteiger partial charge in [0.1, 0.15) is 11.0 Å². The number of carboxylic acid groups (broad SMARTS) is 1. The van der Waals surface area contributed by atoms with Crippen molar-refractivity contribution in [1.29, 1.82) is 0 Å². The number of carbonyl (C=O) groups excluding carboxylic acids is 1. The molecule has 1 N–H and O–H groups in total. The van der Waals surface area contributed by atoms with E-state index in [1.807, 2.05) is 43.9 Å². The van der Waals surface area contributed by atoms with Crippen molar-refractivity contribution < 1.29 is 24.2 Å². The molecular weight excluding hydrogens is 512 g/mol. The lowest BCUT2D eigenvalue weighted by Gasteiger charge is -2.39. The third kappa shape index (κ3) is 7.54. The molecule has 4 rings (SSSR count). The van der Waals surface area contributed by atoms with Crippen LogP contribution >= 0.6 is 11.3 Å². The van der Waals surface area contributed by atoms with Crippen LogP contribution in [0.4, 0.5) is 5.69 Å². The van der Waals surface area contributed by atoms with Gasteiger partial charge in [-0.25, -0.2) is 4.79 Å². The van der Waals surface area contributed by atoms with Crippen molar-refractivity contribution in [2.24, 2.45) is 17.3 Å². The number of aromatic carboxylic acids is 1. The summed E-state index contributed by atoms with van der Waals surface area (Å²) >= 11 is 1.16. The molecule has 0 aromatic carbocycles. The predicted octanol–water partition coefficient (Wildman–Crippen LogP) is 6.80. The molecule has 2 saturated carbocycles. The Morgan fingerprint density at radius 2 is 1.72 bits per heavy atom. The largest absolute Gasteiger partial charge is 0.481 e. The number of ether oxygens (including phenoxy) is 2. The molecule has 2 aliphatic rings. The highest BCUT2D eigenvalue weighted by atomic mass is 32.1. The maximum absolute atomic E-state index is 14.1. The number of hydrogen-bond acceptors (Lipinski definition) is 6. The van der Waals surface area contributed by atoms with E-state index in [1.54, 1.807) is 13.2 Å². The van der Waals surface area contributed by atoms with Gasteiger partial charge in [0.25, 0.3) is 0 Å². The first-order chi connectivity index (χ1) is 18.5. The van der Waals surface area contributed by atoms with Gasteiger partial charge in [-0.2, -0.15) is 4.98 Å². The molecule has 2 aromatic heterocycles. The fourth-order valence-electron chi connectivity index (χ4n) is 5.39. The van der Waals surface area contributed by atoms with E-state index in [0.29, 0.717) is 28.2 Å². The Kier molecular flexibility index (Phi) is 9.22. The summed E-state index contributed by atoms with van der Waals surface area (Å²) in [7, 11) is 1.58. The molecule has 0 saturated heterocycles. The van der Waals surface area contributed by atoms with Gasteiger partial charge in [0.05, 0.1) is 17.7 Å². The van der Waals surface area contributed by atoms with Crippen molar-refractivity contribution in [2.45, 2.75) is 91.2 Å². The molecule has 2 fully saturated rings. The number of hydrogen-bond donors (Lipinski definition) is 1. The third-order valence-electron chi connectivity index (χ3n) is 7.53. The lowest BCUT2D eigenvalue weighted by molar-refractivity contribution is -0.124. The van der Waals surface area contributed by atoms with Crippen LogP contribution in [0.15, 0.2) is 24.3 Å². The number of anilines is 1. The SMILES string of the molecule is COc1cccc(OC2CCC(N(C(=O)C3CCC(C)CC3)c3cc(C#CC(C)(C)C)sc3C(=O)O)CC2)n1. The quantitative estimate of drug-likeness (QED) is 0.380. The van der Waals surface area contributed by atoms with Crippen LogP contribution in [0.25, 0.3) is 0 Å². The Bertz CT molecular complexity index is 1220. The van der Waals surface area contributed by atoms with Gasteiger partial charge in [0, 0.05) is 29.5 Å². The molecule has 0 spiro atoms. The number of methoxy groups -OCH3 is 1. The maximum atomic E-state index is 14.1. The summed E-state index contributed by atoms with van der Waals surface area (Å²) in [6.45, 7) is 8.30. The fourth-order valence-corrected chi connectivity index (χ4v) is 6.23. The Morgan fingerprint density at radius 1 is 1.05 bits per heavy atom. The van der Waals surface area contributed by atoms with Crippen LogP contribution in [0.3, 0.4) is 0 Å². The minimum absolute atomic E-state index is 0.0250. The average molecular weight is 553 g/mol. The monoisotopic (exact) mass is 552 g/mol. The van der Waals surface area contributed by atoms with Gasteiger partial charge in [-0.05, 0) is 84.1 Å². The fraction of sp³-hybridized carbons (Fsp3) is 0.581. The average Bonchev–Trinajstić information content (AvgIpc) is 3.33. The van der Waals surface area contributed by atoms with E-state index in [9.17, 15) is 14.7 Å². The number of rotatable bonds is 7. The van der Waals surface area contributed by atoms with E-state index < -0.39 is 5.97 Å². The summed E-state index contributed by atoms with van der Waals surface area (Å²) in [6.07, 6.45) is 6.66. The Labute approximate surface area is 235 Å². The van der Waals surface area contributed by atoms with Crippen LogP contribution < -0.4 is 14.4 Å². The highest BCUT2D eigenvalue weighted by Gasteiger charge is 2.38. The molecule has 0 unspecified atom stereocenters. The number of carboxylic acids is 1. The van der Waals surface area contributed by atoms with Crippen molar-refractivity contribution in [3.8, 4) is 23.6 Å². The van der Waals surface area contributed by atoms with Gasteiger partial charge >= 0.3 is 5.97 Å². The van der Waals surface area contributed by atoms with E-state index >= 15 is 0 Å². The molecule has 7 nitrogen and oxygen atoms in total. The van der Waals surface area contributed by atoms with Crippen molar-refractivity contribution in [3.63, 3.8) is 0 Å². The molecule has 2 heterocycles. The molecule has 2 aliphatic carbocycles. The minimum Gasteiger partial charge on any atom is -0.481 e. The van der Waals surface area contributed by atoms with Gasteiger partial charge in [-0.15, -0.1) is 11.3 Å². The first-order valence-electron chi connectivity index (χ1n) is 13.9. The van der Waals surface area contributed by atoms with E-state index in [0.717, 1.165) is 62.7 Å². The lowest BCUT2D eigenvalue weighted by atomic mass is 9.81. The van der Waals surface area contributed by atoms with E-state index in [1.165, 1.54) is 0 Å². The number of carbonyl (C=O) groups is 2. The van der Waals surface area contributed by atoms with Gasteiger partial charge in [0.2, 0.25) is 17.7 Å². The molecule has 0 atom stereocenters. The summed E-state index contributed by atoms with van der Waals surface area (Å²) in [4.78, 5) is 33.5. The van der Waals surface area contributed by atoms with Crippen LogP contribution in [0.2, 0.25) is 0 Å². The summed E-state index contributed by atoms with van der Waals surface area (Å²) in [5.41, 5.74) is 0.283. The van der Waals surface area contributed by atoms with Crippen LogP contribution in [0.5, 0.6) is 11.8 Å². The second-order valence-electron chi connectivity index (χ2n) is 11.9. The first-order valence-corrected chi connectivity index (χ1v) is 14.8. The molecular formula is C31H40N2O5S. The maximum Gasteiger partial charge on any atom is 0.348 e. The Hall–Kier alpha value is -3.05. The summed E-state index contributed by atoms with van der Waals surface area (Å²) in [6, 6.07) is 7.17. The van der Waals surface area contributed by atoms with E-state index in [4.69, 9.17) is 9.47 Å². The van der Waals surface area contributed by atoms with Crippen molar-refractivity contribution in [2.75, 3.05) is 12.0 Å². The number of amides is 1. The summed E-state index contributed by atoms with van der Waals surface area (Å²) in [5, 5.41) is 10.1. The zero-order valence-electron chi connectivity index (χ0n) is 23.7. The van der Waals surface area contributed by atoms with Crippen molar-refractivity contribution in [3.05, 3.63) is 34.0 Å². The summed E-state index contributed by atoms with van der Waals surface area (Å²) < 4.78 is 11.4. The third-order valence-corrected chi connectivity index (χ3v) is 8.56. The molecule has 210 valence electrons. The molecule has 8 heteroatoms. The predicted molar refractivity (Wildman–Crippen MR) is 154 cm³/mol. The Balaban J connectivity index is 1.59. The van der Waals surface area contributed by atoms with Gasteiger partial charge in [0.15, 0.2) is 0 Å². The molecule has 2 aromatic rings. The van der Waals surface area contributed by atoms with Crippen molar-refractivity contribution >= 4 is 28.9 Å². The molecule has 39 heavy (non-hydrogen) atoms. The van der Waals surface area contributed by atoms with Crippen LogP contribution in [-0.4, -0.2) is 41.2 Å². The molecule has 0 bridgehead atoms. The number of thiophene rings is 1. The smallest absolute Gasteiger partial charge is 0.348 e. The number of aromatic nitrogens is 1. The standard InChI is InChI=1S/C31H40N2O5S/c1-20-9-11-21(12-10-20)29(34)33(25-19-24(17-18-31(2,3)4)39-28(25)30(35)36)22-13-15-23(16-14-22)38-27-8-6-7-26(32-27)37-5/h6-8,19-23H,9-16H2,1-5H3,(H,35,36).